The average molecular weight is 412 g/mol. The zero-order chi connectivity index (χ0) is 20.5. The van der Waals surface area contributed by atoms with E-state index in [2.05, 4.69) is 0 Å². The van der Waals surface area contributed by atoms with Crippen molar-refractivity contribution < 1.29 is 19.7 Å². The number of amides is 1. The van der Waals surface area contributed by atoms with Gasteiger partial charge in [-0.05, 0) is 52.6 Å². The first-order chi connectivity index (χ1) is 14.0. The van der Waals surface area contributed by atoms with Gasteiger partial charge in [0.2, 0.25) is 0 Å². The molecule has 0 aliphatic carbocycles. The minimum Gasteiger partial charge on any atom is -0.495 e. The Morgan fingerprint density at radius 3 is 2.69 bits per heavy atom. The standard InChI is InChI=1S/C23H22ClNO4/c1-29-22-12-15(6-8-19(22)24)17-4-2-3-14-11-16(5-7-18(14)17)23(28)25-10-9-20(26)21(27)13-25/h2-8,11-12,20-21,26-27H,9-10,13H2,1H3/t20-,21+/m0/s1. The molecule has 1 amide bonds. The Morgan fingerprint density at radius 2 is 1.93 bits per heavy atom. The summed E-state index contributed by atoms with van der Waals surface area (Å²) in [6.07, 6.45) is -1.29. The number of β-amino-alcohol motifs (C(OH)–C–C–N with tert-alkyl or cyclic N) is 1. The van der Waals surface area contributed by atoms with Gasteiger partial charge in [-0.2, -0.15) is 0 Å². The number of aliphatic hydroxyl groups is 2. The predicted octanol–water partition coefficient (Wildman–Crippen LogP) is 3.74. The highest BCUT2D eigenvalue weighted by atomic mass is 35.5. The molecular weight excluding hydrogens is 390 g/mol. The zero-order valence-electron chi connectivity index (χ0n) is 16.0. The minimum absolute atomic E-state index is 0.142. The molecule has 0 radical (unpaired) electrons. The number of rotatable bonds is 3. The number of carbonyl (C=O) groups is 1. The fourth-order valence-electron chi connectivity index (χ4n) is 3.78. The number of aliphatic hydroxyl groups excluding tert-OH is 2. The van der Waals surface area contributed by atoms with Crippen molar-refractivity contribution in [2.24, 2.45) is 0 Å². The first kappa shape index (κ1) is 19.7. The van der Waals surface area contributed by atoms with E-state index in [0.29, 0.717) is 29.3 Å². The van der Waals surface area contributed by atoms with E-state index in [1.54, 1.807) is 18.1 Å². The lowest BCUT2D eigenvalue weighted by molar-refractivity contribution is -0.0321. The molecule has 1 saturated heterocycles. The van der Waals surface area contributed by atoms with Gasteiger partial charge in [-0.15, -0.1) is 0 Å². The van der Waals surface area contributed by atoms with E-state index in [1.165, 1.54) is 0 Å². The van der Waals surface area contributed by atoms with Gasteiger partial charge in [0, 0.05) is 18.7 Å². The van der Waals surface area contributed by atoms with Crippen molar-refractivity contribution in [2.75, 3.05) is 20.2 Å². The number of nitrogens with zero attached hydrogens (tertiary/aromatic N) is 1. The summed E-state index contributed by atoms with van der Waals surface area (Å²) >= 11 is 6.15. The van der Waals surface area contributed by atoms with Crippen LogP contribution in [0.25, 0.3) is 21.9 Å². The van der Waals surface area contributed by atoms with E-state index in [4.69, 9.17) is 16.3 Å². The summed E-state index contributed by atoms with van der Waals surface area (Å²) in [5.74, 6) is 0.468. The predicted molar refractivity (Wildman–Crippen MR) is 113 cm³/mol. The van der Waals surface area contributed by atoms with Gasteiger partial charge in [-0.3, -0.25) is 4.79 Å². The van der Waals surface area contributed by atoms with Crippen molar-refractivity contribution in [3.8, 4) is 16.9 Å². The molecule has 0 spiro atoms. The molecule has 3 aromatic rings. The third kappa shape index (κ3) is 3.81. The highest BCUT2D eigenvalue weighted by Gasteiger charge is 2.29. The van der Waals surface area contributed by atoms with E-state index in [1.807, 2.05) is 48.5 Å². The largest absolute Gasteiger partial charge is 0.495 e. The van der Waals surface area contributed by atoms with Gasteiger partial charge >= 0.3 is 0 Å². The van der Waals surface area contributed by atoms with Crippen LogP contribution in [0.2, 0.25) is 5.02 Å². The number of ether oxygens (including phenoxy) is 1. The minimum atomic E-state index is -0.903. The van der Waals surface area contributed by atoms with Crippen molar-refractivity contribution in [2.45, 2.75) is 18.6 Å². The number of hydrogen-bond donors (Lipinski definition) is 2. The lowest BCUT2D eigenvalue weighted by atomic mass is 9.96. The van der Waals surface area contributed by atoms with E-state index >= 15 is 0 Å². The molecule has 1 aliphatic heterocycles. The van der Waals surface area contributed by atoms with Crippen LogP contribution in [0.1, 0.15) is 16.8 Å². The molecule has 0 aromatic heterocycles. The smallest absolute Gasteiger partial charge is 0.253 e. The summed E-state index contributed by atoms with van der Waals surface area (Å²) < 4.78 is 5.33. The van der Waals surface area contributed by atoms with Crippen LogP contribution in [0.3, 0.4) is 0 Å². The number of carbonyl (C=O) groups excluding carboxylic acids is 1. The third-order valence-corrected chi connectivity index (χ3v) is 5.74. The summed E-state index contributed by atoms with van der Waals surface area (Å²) in [5, 5.41) is 22.1. The summed E-state index contributed by atoms with van der Waals surface area (Å²) in [6, 6.07) is 17.2. The topological polar surface area (TPSA) is 70.0 Å². The van der Waals surface area contributed by atoms with Crippen molar-refractivity contribution in [1.82, 2.24) is 4.90 Å². The Balaban J connectivity index is 1.69. The van der Waals surface area contributed by atoms with E-state index < -0.39 is 12.2 Å². The molecule has 1 aliphatic rings. The molecular formula is C23H22ClNO4. The summed E-state index contributed by atoms with van der Waals surface area (Å²) in [4.78, 5) is 14.5. The van der Waals surface area contributed by atoms with Crippen LogP contribution < -0.4 is 4.74 Å². The van der Waals surface area contributed by atoms with Gasteiger partial charge < -0.3 is 19.8 Å². The van der Waals surface area contributed by atoms with Gasteiger partial charge in [-0.25, -0.2) is 0 Å². The summed E-state index contributed by atoms with van der Waals surface area (Å²) in [5.41, 5.74) is 2.56. The van der Waals surface area contributed by atoms with Crippen LogP contribution in [0.15, 0.2) is 54.6 Å². The van der Waals surface area contributed by atoms with Crippen LogP contribution in [-0.4, -0.2) is 53.4 Å². The lowest BCUT2D eigenvalue weighted by Crippen LogP contribution is -2.48. The summed E-state index contributed by atoms with van der Waals surface area (Å²) in [6.45, 7) is 0.572. The fourth-order valence-corrected chi connectivity index (χ4v) is 3.98. The van der Waals surface area contributed by atoms with Crippen LogP contribution >= 0.6 is 11.6 Å². The average Bonchev–Trinajstić information content (AvgIpc) is 2.74. The second-order valence-electron chi connectivity index (χ2n) is 7.27. The van der Waals surface area contributed by atoms with Crippen LogP contribution in [0.4, 0.5) is 0 Å². The maximum atomic E-state index is 12.9. The molecule has 2 N–H and O–H groups in total. The molecule has 150 valence electrons. The Morgan fingerprint density at radius 1 is 1.10 bits per heavy atom. The SMILES string of the molecule is COc1cc(-c2cccc3cc(C(=O)N4CC[C@H](O)[C@H](O)C4)ccc23)ccc1Cl. The first-order valence-electron chi connectivity index (χ1n) is 9.50. The van der Waals surface area contributed by atoms with Crippen molar-refractivity contribution in [3.63, 3.8) is 0 Å². The lowest BCUT2D eigenvalue weighted by Gasteiger charge is -2.33. The van der Waals surface area contributed by atoms with Gasteiger partial charge in [0.25, 0.3) is 5.91 Å². The molecule has 0 bridgehead atoms. The number of piperidine rings is 1. The molecule has 1 heterocycles. The van der Waals surface area contributed by atoms with Crippen molar-refractivity contribution in [1.29, 1.82) is 0 Å². The Hall–Kier alpha value is -2.60. The molecule has 1 fully saturated rings. The molecule has 3 aromatic carbocycles. The Labute approximate surface area is 174 Å². The second-order valence-corrected chi connectivity index (χ2v) is 7.67. The number of hydrogen-bond acceptors (Lipinski definition) is 4. The molecule has 0 unspecified atom stereocenters. The van der Waals surface area contributed by atoms with Crippen molar-refractivity contribution in [3.05, 3.63) is 65.2 Å². The van der Waals surface area contributed by atoms with Crippen LogP contribution in [0, 0.1) is 0 Å². The fraction of sp³-hybridized carbons (Fsp3) is 0.261. The van der Waals surface area contributed by atoms with Crippen LogP contribution in [0.5, 0.6) is 5.75 Å². The Kier molecular flexibility index (Phi) is 5.46. The van der Waals surface area contributed by atoms with Gasteiger partial charge in [0.05, 0.1) is 24.3 Å². The quantitative estimate of drug-likeness (QED) is 0.688. The monoisotopic (exact) mass is 411 g/mol. The number of halogens is 1. The normalized spacial score (nSPS) is 19.4. The second kappa shape index (κ2) is 8.03. The van der Waals surface area contributed by atoms with E-state index in [9.17, 15) is 15.0 Å². The highest BCUT2D eigenvalue weighted by Crippen LogP contribution is 2.34. The number of benzene rings is 3. The number of methoxy groups -OCH3 is 1. The molecule has 2 atom stereocenters. The van der Waals surface area contributed by atoms with Crippen molar-refractivity contribution >= 4 is 28.3 Å². The first-order valence-corrected chi connectivity index (χ1v) is 9.88. The van der Waals surface area contributed by atoms with E-state index in [0.717, 1.165) is 21.9 Å². The van der Waals surface area contributed by atoms with E-state index in [-0.39, 0.29) is 12.5 Å². The third-order valence-electron chi connectivity index (χ3n) is 5.42. The highest BCUT2D eigenvalue weighted by molar-refractivity contribution is 6.32. The molecule has 5 nitrogen and oxygen atoms in total. The van der Waals surface area contributed by atoms with Gasteiger partial charge in [-0.1, -0.05) is 41.9 Å². The maximum absolute atomic E-state index is 12.9. The van der Waals surface area contributed by atoms with Crippen LogP contribution in [-0.2, 0) is 0 Å². The maximum Gasteiger partial charge on any atom is 0.253 e. The molecule has 29 heavy (non-hydrogen) atoms. The Bertz CT molecular complexity index is 1070. The molecule has 6 heteroatoms. The van der Waals surface area contributed by atoms with Gasteiger partial charge in [0.1, 0.15) is 5.75 Å². The van der Waals surface area contributed by atoms with Gasteiger partial charge in [0.15, 0.2) is 0 Å². The summed E-state index contributed by atoms with van der Waals surface area (Å²) in [7, 11) is 1.59. The zero-order valence-corrected chi connectivity index (χ0v) is 16.8. The number of likely N-dealkylation sites (tertiary alicyclic amines) is 1. The molecule has 0 saturated carbocycles. The molecule has 4 rings (SSSR count). The number of fused-ring (bicyclic) bond motifs is 1.